The molecule has 2 amide bonds. The maximum absolute atomic E-state index is 13.1. The van der Waals surface area contributed by atoms with Crippen LogP contribution in [0.4, 0.5) is 0 Å². The van der Waals surface area contributed by atoms with Crippen LogP contribution in [0.3, 0.4) is 0 Å². The summed E-state index contributed by atoms with van der Waals surface area (Å²) in [6.45, 7) is 7.34. The minimum atomic E-state index is -0.810. The van der Waals surface area contributed by atoms with E-state index in [0.29, 0.717) is 6.42 Å². The molecular weight excluding hydrogens is 380 g/mol. The Morgan fingerprint density at radius 2 is 1.60 bits per heavy atom. The Kier molecular flexibility index (Phi) is 9.34. The first-order chi connectivity index (χ1) is 14.3. The summed E-state index contributed by atoms with van der Waals surface area (Å²) in [5.74, 6) is -1.01. The topological polar surface area (TPSA) is 84.5 Å². The first kappa shape index (κ1) is 23.9. The molecule has 2 N–H and O–H groups in total. The zero-order valence-electron chi connectivity index (χ0n) is 18.6. The summed E-state index contributed by atoms with van der Waals surface area (Å²) in [6, 6.07) is 8.00. The van der Waals surface area contributed by atoms with E-state index in [1.165, 1.54) is 0 Å². The van der Waals surface area contributed by atoms with E-state index in [-0.39, 0.29) is 29.8 Å². The minimum absolute atomic E-state index is 0.0289. The lowest BCUT2D eigenvalue weighted by Gasteiger charge is -2.28. The molecule has 0 saturated heterocycles. The van der Waals surface area contributed by atoms with Crippen LogP contribution >= 0.6 is 0 Å². The fraction of sp³-hybridized carbons (Fsp3) is 0.625. The van der Waals surface area contributed by atoms with Gasteiger partial charge >= 0.3 is 5.97 Å². The molecule has 2 rings (SSSR count). The predicted molar refractivity (Wildman–Crippen MR) is 117 cm³/mol. The van der Waals surface area contributed by atoms with Crippen molar-refractivity contribution in [1.82, 2.24) is 10.6 Å². The van der Waals surface area contributed by atoms with E-state index in [9.17, 15) is 14.4 Å². The third-order valence-corrected chi connectivity index (χ3v) is 5.46. The average Bonchev–Trinajstić information content (AvgIpc) is 2.71. The van der Waals surface area contributed by atoms with Crippen molar-refractivity contribution < 1.29 is 19.1 Å². The fourth-order valence-electron chi connectivity index (χ4n) is 3.79. The van der Waals surface area contributed by atoms with Crippen molar-refractivity contribution in [2.75, 3.05) is 0 Å². The fourth-order valence-corrected chi connectivity index (χ4v) is 3.79. The van der Waals surface area contributed by atoms with Crippen LogP contribution in [0.5, 0.6) is 0 Å². The number of carbonyl (C=O) groups excluding carboxylic acids is 3. The van der Waals surface area contributed by atoms with Crippen LogP contribution < -0.4 is 10.6 Å². The smallest absolute Gasteiger partial charge is 0.329 e. The molecule has 30 heavy (non-hydrogen) atoms. The van der Waals surface area contributed by atoms with Gasteiger partial charge in [-0.05, 0) is 38.2 Å². The van der Waals surface area contributed by atoms with Gasteiger partial charge < -0.3 is 15.4 Å². The highest BCUT2D eigenvalue weighted by atomic mass is 16.5. The van der Waals surface area contributed by atoms with Gasteiger partial charge in [0.1, 0.15) is 12.1 Å². The predicted octanol–water partition coefficient (Wildman–Crippen LogP) is 3.39. The third-order valence-electron chi connectivity index (χ3n) is 5.46. The molecule has 0 aromatic heterocycles. The Bertz CT molecular complexity index is 696. The van der Waals surface area contributed by atoms with E-state index in [0.717, 1.165) is 37.7 Å². The van der Waals surface area contributed by atoms with Crippen molar-refractivity contribution in [2.45, 2.75) is 84.4 Å². The molecule has 1 aliphatic rings. The van der Waals surface area contributed by atoms with Gasteiger partial charge in [0, 0.05) is 12.3 Å². The molecule has 0 radical (unpaired) electrons. The molecule has 1 aromatic rings. The Morgan fingerprint density at radius 1 is 0.967 bits per heavy atom. The summed E-state index contributed by atoms with van der Waals surface area (Å²) in [6.07, 6.45) is 5.06. The molecular formula is C24H36N2O4. The summed E-state index contributed by atoms with van der Waals surface area (Å²) >= 11 is 0. The lowest BCUT2D eigenvalue weighted by molar-refractivity contribution is -0.151. The van der Waals surface area contributed by atoms with Crippen molar-refractivity contribution >= 4 is 17.8 Å². The van der Waals surface area contributed by atoms with Crippen molar-refractivity contribution in [2.24, 2.45) is 11.8 Å². The van der Waals surface area contributed by atoms with Gasteiger partial charge in [-0.1, -0.05) is 63.4 Å². The van der Waals surface area contributed by atoms with Crippen LogP contribution in [-0.4, -0.2) is 36.0 Å². The third kappa shape index (κ3) is 7.47. The van der Waals surface area contributed by atoms with Gasteiger partial charge in [-0.3, -0.25) is 9.59 Å². The molecule has 2 atom stereocenters. The van der Waals surface area contributed by atoms with Crippen molar-refractivity contribution in [3.63, 3.8) is 0 Å². The average molecular weight is 417 g/mol. The van der Waals surface area contributed by atoms with Crippen LogP contribution in [0.25, 0.3) is 0 Å². The maximum atomic E-state index is 13.1. The molecule has 1 saturated carbocycles. The highest BCUT2D eigenvalue weighted by molar-refractivity contribution is 5.91. The second-order valence-corrected chi connectivity index (χ2v) is 8.80. The molecule has 1 aliphatic carbocycles. The van der Waals surface area contributed by atoms with E-state index in [1.807, 2.05) is 44.2 Å². The van der Waals surface area contributed by atoms with Gasteiger partial charge in [0.25, 0.3) is 0 Å². The Labute approximate surface area is 180 Å². The van der Waals surface area contributed by atoms with Gasteiger partial charge in [-0.15, -0.1) is 0 Å². The van der Waals surface area contributed by atoms with Gasteiger partial charge in [-0.25, -0.2) is 4.79 Å². The number of rotatable bonds is 9. The Morgan fingerprint density at radius 3 is 2.17 bits per heavy atom. The quantitative estimate of drug-likeness (QED) is 0.605. The van der Waals surface area contributed by atoms with Crippen LogP contribution in [0.2, 0.25) is 0 Å². The zero-order chi connectivity index (χ0) is 22.1. The minimum Gasteiger partial charge on any atom is -0.461 e. The first-order valence-electron chi connectivity index (χ1n) is 11.1. The molecule has 6 nitrogen and oxygen atoms in total. The number of amides is 2. The van der Waals surface area contributed by atoms with Gasteiger partial charge in [-0.2, -0.15) is 0 Å². The van der Waals surface area contributed by atoms with E-state index in [2.05, 4.69) is 10.6 Å². The van der Waals surface area contributed by atoms with E-state index in [1.54, 1.807) is 13.8 Å². The molecule has 0 spiro atoms. The number of esters is 1. The normalized spacial score (nSPS) is 16.7. The molecule has 0 bridgehead atoms. The summed E-state index contributed by atoms with van der Waals surface area (Å²) in [7, 11) is 0. The second-order valence-electron chi connectivity index (χ2n) is 8.80. The first-order valence-corrected chi connectivity index (χ1v) is 11.1. The number of carbonyl (C=O) groups is 3. The highest BCUT2D eigenvalue weighted by Gasteiger charge is 2.32. The summed E-state index contributed by atoms with van der Waals surface area (Å²) < 4.78 is 5.36. The van der Waals surface area contributed by atoms with Crippen molar-refractivity contribution in [1.29, 1.82) is 0 Å². The molecule has 166 valence electrons. The summed E-state index contributed by atoms with van der Waals surface area (Å²) in [4.78, 5) is 38.4. The lowest BCUT2D eigenvalue weighted by atomic mass is 9.88. The standard InChI is InChI=1S/C24H36N2O4/c1-16(2)21(26-22(27)19-13-9-6-10-14-19)23(28)25-20(24(29)30-17(3)4)15-18-11-7-5-8-12-18/h5,7-8,11-12,16-17,19-21H,6,9-10,13-15H2,1-4H3,(H,25,28)(H,26,27). The van der Waals surface area contributed by atoms with Crippen molar-refractivity contribution in [3.05, 3.63) is 35.9 Å². The molecule has 1 fully saturated rings. The van der Waals surface area contributed by atoms with E-state index < -0.39 is 18.1 Å². The SMILES string of the molecule is CC(C)OC(=O)C(Cc1ccccc1)NC(=O)C(NC(=O)C1CCCCC1)C(C)C. The molecule has 1 aromatic carbocycles. The number of benzene rings is 1. The molecule has 6 heteroatoms. The van der Waals surface area contributed by atoms with Gasteiger partial charge in [0.05, 0.1) is 6.10 Å². The van der Waals surface area contributed by atoms with E-state index >= 15 is 0 Å². The summed E-state index contributed by atoms with van der Waals surface area (Å²) in [5.41, 5.74) is 0.927. The number of hydrogen-bond acceptors (Lipinski definition) is 4. The number of nitrogens with one attached hydrogen (secondary N) is 2. The van der Waals surface area contributed by atoms with Gasteiger partial charge in [0.15, 0.2) is 0 Å². The monoisotopic (exact) mass is 416 g/mol. The molecule has 0 heterocycles. The number of hydrogen-bond donors (Lipinski definition) is 2. The number of ether oxygens (including phenoxy) is 1. The lowest BCUT2D eigenvalue weighted by Crippen LogP contribution is -2.55. The van der Waals surface area contributed by atoms with Crippen LogP contribution in [0.15, 0.2) is 30.3 Å². The van der Waals surface area contributed by atoms with Crippen LogP contribution in [0, 0.1) is 11.8 Å². The molecule has 2 unspecified atom stereocenters. The van der Waals surface area contributed by atoms with Gasteiger partial charge in [0.2, 0.25) is 11.8 Å². The largest absolute Gasteiger partial charge is 0.461 e. The van der Waals surface area contributed by atoms with E-state index in [4.69, 9.17) is 4.74 Å². The maximum Gasteiger partial charge on any atom is 0.329 e. The molecule has 0 aliphatic heterocycles. The second kappa shape index (κ2) is 11.7. The highest BCUT2D eigenvalue weighted by Crippen LogP contribution is 2.24. The zero-order valence-corrected chi connectivity index (χ0v) is 18.6. The Hall–Kier alpha value is -2.37. The van der Waals surface area contributed by atoms with Crippen LogP contribution in [0.1, 0.15) is 65.4 Å². The Balaban J connectivity index is 2.08. The van der Waals surface area contributed by atoms with Crippen molar-refractivity contribution in [3.8, 4) is 0 Å². The van der Waals surface area contributed by atoms with Crippen LogP contribution in [-0.2, 0) is 25.5 Å². The summed E-state index contributed by atoms with van der Waals surface area (Å²) in [5, 5.41) is 5.76.